The van der Waals surface area contributed by atoms with Crippen LogP contribution in [-0.4, -0.2) is 42.4 Å². The van der Waals surface area contributed by atoms with Crippen molar-refractivity contribution in [2.45, 2.75) is 13.0 Å². The molecule has 2 aromatic carbocycles. The van der Waals surface area contributed by atoms with E-state index >= 15 is 0 Å². The Morgan fingerprint density at radius 2 is 1.68 bits per heavy atom. The second kappa shape index (κ2) is 8.65. The monoisotopic (exact) mass is 359 g/mol. The Kier molecular flexibility index (Phi) is 6.56. The lowest BCUT2D eigenvalue weighted by molar-refractivity contribution is 0.0708. The molecule has 0 radical (unpaired) electrons. The van der Waals surface area contributed by atoms with Gasteiger partial charge in [0.15, 0.2) is 0 Å². The molecule has 2 N–H and O–H groups in total. The molecule has 1 saturated heterocycles. The standard InChI is InChI=1S/C19H21N3O2.ClH/c1-14-13-22(12-11-20-14)19(24)16-9-7-15(8-10-16)18(23)21-17-5-3-2-4-6-17;/h2-10,14,20H,11-13H2,1H3,(H,21,23);1H/t14-;/m1./s1. The predicted octanol–water partition coefficient (Wildman–Crippen LogP) is 2.79. The van der Waals surface area contributed by atoms with Gasteiger partial charge in [-0.3, -0.25) is 9.59 Å². The summed E-state index contributed by atoms with van der Waals surface area (Å²) in [4.78, 5) is 26.6. The highest BCUT2D eigenvalue weighted by Crippen LogP contribution is 2.12. The number of nitrogens with zero attached hydrogens (tertiary/aromatic N) is 1. The SMILES string of the molecule is C[C@@H]1CN(C(=O)c2ccc(C(=O)Nc3ccccc3)cc2)CCN1.Cl. The Labute approximate surface area is 153 Å². The zero-order valence-electron chi connectivity index (χ0n) is 14.1. The minimum atomic E-state index is -0.184. The van der Waals surface area contributed by atoms with Crippen molar-refractivity contribution in [3.8, 4) is 0 Å². The topological polar surface area (TPSA) is 61.4 Å². The minimum absolute atomic E-state index is 0. The Bertz CT molecular complexity index is 719. The second-order valence-corrected chi connectivity index (χ2v) is 6.00. The fourth-order valence-electron chi connectivity index (χ4n) is 2.79. The molecule has 0 saturated carbocycles. The number of piperazine rings is 1. The summed E-state index contributed by atoms with van der Waals surface area (Å²) in [5.41, 5.74) is 1.89. The van der Waals surface area contributed by atoms with Gasteiger partial charge in [-0.1, -0.05) is 18.2 Å². The first-order valence-corrected chi connectivity index (χ1v) is 8.12. The summed E-state index contributed by atoms with van der Waals surface area (Å²) >= 11 is 0. The van der Waals surface area contributed by atoms with Crippen molar-refractivity contribution in [2.24, 2.45) is 0 Å². The van der Waals surface area contributed by atoms with Gasteiger partial charge in [-0.2, -0.15) is 0 Å². The van der Waals surface area contributed by atoms with Crippen molar-refractivity contribution in [3.05, 3.63) is 65.7 Å². The fraction of sp³-hybridized carbons (Fsp3) is 0.263. The van der Waals surface area contributed by atoms with E-state index in [1.54, 1.807) is 24.3 Å². The van der Waals surface area contributed by atoms with Gasteiger partial charge in [-0.25, -0.2) is 0 Å². The number of anilines is 1. The van der Waals surface area contributed by atoms with Crippen molar-refractivity contribution < 1.29 is 9.59 Å². The molecule has 25 heavy (non-hydrogen) atoms. The molecule has 1 heterocycles. The number of carbonyl (C=O) groups is 2. The first kappa shape index (κ1) is 19.0. The van der Waals surface area contributed by atoms with Gasteiger partial charge in [-0.05, 0) is 43.3 Å². The number of carbonyl (C=O) groups excluding carboxylic acids is 2. The van der Waals surface area contributed by atoms with E-state index in [9.17, 15) is 9.59 Å². The van der Waals surface area contributed by atoms with Crippen LogP contribution < -0.4 is 10.6 Å². The number of benzene rings is 2. The summed E-state index contributed by atoms with van der Waals surface area (Å²) in [6.45, 7) is 4.29. The number of para-hydroxylation sites is 1. The third-order valence-electron chi connectivity index (χ3n) is 4.08. The van der Waals surface area contributed by atoms with E-state index in [1.165, 1.54) is 0 Å². The van der Waals surface area contributed by atoms with Crippen molar-refractivity contribution >= 4 is 29.9 Å². The lowest BCUT2D eigenvalue weighted by Crippen LogP contribution is -2.51. The molecule has 0 aromatic heterocycles. The van der Waals surface area contributed by atoms with Crippen LogP contribution in [0.15, 0.2) is 54.6 Å². The van der Waals surface area contributed by atoms with Crippen molar-refractivity contribution in [3.63, 3.8) is 0 Å². The molecule has 1 aliphatic rings. The molecule has 6 heteroatoms. The number of halogens is 1. The lowest BCUT2D eigenvalue weighted by atomic mass is 10.1. The number of hydrogen-bond donors (Lipinski definition) is 2. The van der Waals surface area contributed by atoms with E-state index in [4.69, 9.17) is 0 Å². The largest absolute Gasteiger partial charge is 0.336 e. The van der Waals surface area contributed by atoms with Gasteiger partial charge in [0.25, 0.3) is 11.8 Å². The molecule has 3 rings (SSSR count). The molecule has 0 bridgehead atoms. The third-order valence-corrected chi connectivity index (χ3v) is 4.08. The van der Waals surface area contributed by atoms with Crippen molar-refractivity contribution in [1.29, 1.82) is 0 Å². The van der Waals surface area contributed by atoms with Crippen molar-refractivity contribution in [2.75, 3.05) is 25.0 Å². The molecule has 5 nitrogen and oxygen atoms in total. The van der Waals surface area contributed by atoms with E-state index in [2.05, 4.69) is 17.6 Å². The number of nitrogens with one attached hydrogen (secondary N) is 2. The van der Waals surface area contributed by atoms with Crippen LogP contribution in [0.5, 0.6) is 0 Å². The van der Waals surface area contributed by atoms with Crippen LogP contribution in [0.1, 0.15) is 27.6 Å². The highest BCUT2D eigenvalue weighted by molar-refractivity contribution is 6.05. The first-order chi connectivity index (χ1) is 11.6. The van der Waals surface area contributed by atoms with Crippen LogP contribution >= 0.6 is 12.4 Å². The molecule has 0 unspecified atom stereocenters. The molecule has 0 aliphatic carbocycles. The van der Waals surface area contributed by atoms with Crippen LogP contribution in [0.2, 0.25) is 0 Å². The molecule has 2 amide bonds. The zero-order chi connectivity index (χ0) is 16.9. The van der Waals surface area contributed by atoms with Crippen LogP contribution in [0.3, 0.4) is 0 Å². The third kappa shape index (κ3) is 4.81. The smallest absolute Gasteiger partial charge is 0.255 e. The van der Waals surface area contributed by atoms with Gasteiger partial charge in [0, 0.05) is 42.5 Å². The lowest BCUT2D eigenvalue weighted by Gasteiger charge is -2.32. The molecule has 1 fully saturated rings. The number of hydrogen-bond acceptors (Lipinski definition) is 3. The predicted molar refractivity (Wildman–Crippen MR) is 101 cm³/mol. The minimum Gasteiger partial charge on any atom is -0.336 e. The molecular weight excluding hydrogens is 338 g/mol. The van der Waals surface area contributed by atoms with E-state index in [1.807, 2.05) is 35.2 Å². The van der Waals surface area contributed by atoms with E-state index in [0.717, 1.165) is 12.2 Å². The normalized spacial score (nSPS) is 16.7. The summed E-state index contributed by atoms with van der Waals surface area (Å²) in [6.07, 6.45) is 0. The Balaban J connectivity index is 0.00000225. The molecule has 0 spiro atoms. The van der Waals surface area contributed by atoms with Gasteiger partial charge in [-0.15, -0.1) is 12.4 Å². The molecule has 1 aliphatic heterocycles. The van der Waals surface area contributed by atoms with E-state index in [0.29, 0.717) is 30.3 Å². The van der Waals surface area contributed by atoms with Gasteiger partial charge in [0.1, 0.15) is 0 Å². The summed E-state index contributed by atoms with van der Waals surface area (Å²) < 4.78 is 0. The molecular formula is C19H22ClN3O2. The van der Waals surface area contributed by atoms with Crippen molar-refractivity contribution in [1.82, 2.24) is 10.2 Å². The first-order valence-electron chi connectivity index (χ1n) is 8.12. The maximum absolute atomic E-state index is 12.5. The van der Waals surface area contributed by atoms with E-state index < -0.39 is 0 Å². The Morgan fingerprint density at radius 1 is 1.04 bits per heavy atom. The average molecular weight is 360 g/mol. The average Bonchev–Trinajstić information content (AvgIpc) is 2.62. The second-order valence-electron chi connectivity index (χ2n) is 6.00. The van der Waals surface area contributed by atoms with E-state index in [-0.39, 0.29) is 24.2 Å². The summed E-state index contributed by atoms with van der Waals surface area (Å²) in [5.74, 6) is -0.172. The molecule has 1 atom stereocenters. The summed E-state index contributed by atoms with van der Waals surface area (Å²) in [7, 11) is 0. The van der Waals surface area contributed by atoms with Gasteiger partial charge in [0.05, 0.1) is 0 Å². The highest BCUT2D eigenvalue weighted by Gasteiger charge is 2.21. The fourth-order valence-corrected chi connectivity index (χ4v) is 2.79. The van der Waals surface area contributed by atoms with Gasteiger partial charge in [0.2, 0.25) is 0 Å². The van der Waals surface area contributed by atoms with Crippen LogP contribution in [0, 0.1) is 0 Å². The van der Waals surface area contributed by atoms with Gasteiger partial charge < -0.3 is 15.5 Å². The number of rotatable bonds is 3. The van der Waals surface area contributed by atoms with Crippen LogP contribution in [0.25, 0.3) is 0 Å². The van der Waals surface area contributed by atoms with Crippen LogP contribution in [-0.2, 0) is 0 Å². The maximum atomic E-state index is 12.5. The highest BCUT2D eigenvalue weighted by atomic mass is 35.5. The summed E-state index contributed by atoms with van der Waals surface area (Å²) in [6, 6.07) is 16.4. The summed E-state index contributed by atoms with van der Waals surface area (Å²) in [5, 5.41) is 6.15. The quantitative estimate of drug-likeness (QED) is 0.885. The molecule has 2 aromatic rings. The van der Waals surface area contributed by atoms with Crippen LogP contribution in [0.4, 0.5) is 5.69 Å². The van der Waals surface area contributed by atoms with Gasteiger partial charge >= 0.3 is 0 Å². The zero-order valence-corrected chi connectivity index (χ0v) is 14.9. The Hall–Kier alpha value is -2.37. The Morgan fingerprint density at radius 3 is 2.32 bits per heavy atom. The maximum Gasteiger partial charge on any atom is 0.255 e. The molecule has 132 valence electrons. The number of amides is 2.